The number of carboxylic acid groups (broad SMARTS) is 1. The number of hydrogen-bond acceptors (Lipinski definition) is 2. The van der Waals surface area contributed by atoms with Crippen molar-refractivity contribution in [2.75, 3.05) is 0 Å². The van der Waals surface area contributed by atoms with Gasteiger partial charge in [0.15, 0.2) is 0 Å². The molecular formula is C12H20N2O2. The zero-order valence-electron chi connectivity index (χ0n) is 10.4. The van der Waals surface area contributed by atoms with Crippen molar-refractivity contribution < 1.29 is 9.90 Å². The van der Waals surface area contributed by atoms with Gasteiger partial charge in [-0.1, -0.05) is 20.8 Å². The van der Waals surface area contributed by atoms with Crippen LogP contribution in [0.3, 0.4) is 0 Å². The van der Waals surface area contributed by atoms with Gasteiger partial charge in [0.2, 0.25) is 0 Å². The van der Waals surface area contributed by atoms with Crippen molar-refractivity contribution in [1.29, 1.82) is 0 Å². The van der Waals surface area contributed by atoms with Crippen LogP contribution in [0.5, 0.6) is 0 Å². The molecule has 16 heavy (non-hydrogen) atoms. The molecule has 1 heterocycles. The fourth-order valence-corrected chi connectivity index (χ4v) is 1.89. The summed E-state index contributed by atoms with van der Waals surface area (Å²) in [6.45, 7) is 8.06. The molecule has 0 amide bonds. The molecule has 1 N–H and O–H groups in total. The van der Waals surface area contributed by atoms with Crippen LogP contribution in [-0.4, -0.2) is 20.9 Å². The van der Waals surface area contributed by atoms with E-state index in [4.69, 9.17) is 0 Å². The van der Waals surface area contributed by atoms with Gasteiger partial charge < -0.3 is 5.11 Å². The smallest absolute Gasteiger partial charge is 0.339 e. The predicted octanol–water partition coefficient (Wildman–Crippen LogP) is 2.68. The molecule has 0 saturated carbocycles. The highest BCUT2D eigenvalue weighted by atomic mass is 16.4. The number of nitrogens with zero attached hydrogens (tertiary/aromatic N) is 2. The van der Waals surface area contributed by atoms with E-state index in [2.05, 4.69) is 18.9 Å². The highest BCUT2D eigenvalue weighted by Gasteiger charge is 2.22. The van der Waals surface area contributed by atoms with Gasteiger partial charge in [0, 0.05) is 6.04 Å². The van der Waals surface area contributed by atoms with Gasteiger partial charge in [0.1, 0.15) is 5.56 Å². The first kappa shape index (κ1) is 12.7. The minimum absolute atomic E-state index is 0.258. The molecule has 1 aromatic rings. The van der Waals surface area contributed by atoms with Crippen LogP contribution in [0, 0.1) is 0 Å². The van der Waals surface area contributed by atoms with E-state index in [1.165, 1.54) is 0 Å². The Hall–Kier alpha value is -1.32. The molecule has 0 aliphatic heterocycles. The van der Waals surface area contributed by atoms with E-state index in [0.717, 1.165) is 12.1 Å². The molecular weight excluding hydrogens is 204 g/mol. The number of rotatable bonds is 5. The monoisotopic (exact) mass is 224 g/mol. The summed E-state index contributed by atoms with van der Waals surface area (Å²) in [5, 5.41) is 13.7. The maximum absolute atomic E-state index is 11.2. The minimum Gasteiger partial charge on any atom is -0.478 e. The van der Waals surface area contributed by atoms with E-state index < -0.39 is 5.97 Å². The summed E-state index contributed by atoms with van der Waals surface area (Å²) in [7, 11) is 0. The van der Waals surface area contributed by atoms with Crippen LogP contribution in [0.2, 0.25) is 0 Å². The van der Waals surface area contributed by atoms with Crippen LogP contribution in [0.4, 0.5) is 0 Å². The predicted molar refractivity (Wildman–Crippen MR) is 62.9 cm³/mol. The van der Waals surface area contributed by atoms with Crippen LogP contribution < -0.4 is 0 Å². The van der Waals surface area contributed by atoms with E-state index in [-0.39, 0.29) is 6.04 Å². The molecule has 0 bridgehead atoms. The van der Waals surface area contributed by atoms with Crippen molar-refractivity contribution in [3.8, 4) is 0 Å². The third kappa shape index (κ3) is 2.10. The van der Waals surface area contributed by atoms with Gasteiger partial charge in [0.05, 0.1) is 11.4 Å². The molecule has 90 valence electrons. The summed E-state index contributed by atoms with van der Waals surface area (Å²) in [4.78, 5) is 11.2. The Bertz CT molecular complexity index is 383. The normalized spacial score (nSPS) is 12.8. The summed E-state index contributed by atoms with van der Waals surface area (Å²) < 4.78 is 1.88. The lowest BCUT2D eigenvalue weighted by atomic mass is 10.1. The van der Waals surface area contributed by atoms with Crippen LogP contribution >= 0.6 is 0 Å². The van der Waals surface area contributed by atoms with Crippen molar-refractivity contribution in [3.05, 3.63) is 17.0 Å². The van der Waals surface area contributed by atoms with E-state index in [9.17, 15) is 9.90 Å². The topological polar surface area (TPSA) is 55.1 Å². The maximum Gasteiger partial charge on any atom is 0.339 e. The van der Waals surface area contributed by atoms with Crippen molar-refractivity contribution in [3.63, 3.8) is 0 Å². The minimum atomic E-state index is -0.858. The second-order valence-corrected chi connectivity index (χ2v) is 3.98. The number of carboxylic acids is 1. The molecule has 0 aliphatic rings. The molecule has 1 rings (SSSR count). The molecule has 0 fully saturated rings. The zero-order valence-corrected chi connectivity index (χ0v) is 10.4. The fourth-order valence-electron chi connectivity index (χ4n) is 1.89. The lowest BCUT2D eigenvalue weighted by Gasteiger charge is -2.12. The Kier molecular flexibility index (Phi) is 4.10. The Morgan fingerprint density at radius 3 is 2.38 bits per heavy atom. The number of aromatic nitrogens is 2. The molecule has 0 aromatic carbocycles. The molecule has 0 aliphatic carbocycles. The summed E-state index contributed by atoms with van der Waals surface area (Å²) in [6, 6.07) is 0.258. The average molecular weight is 224 g/mol. The second kappa shape index (κ2) is 5.14. The van der Waals surface area contributed by atoms with E-state index >= 15 is 0 Å². The summed E-state index contributed by atoms with van der Waals surface area (Å²) >= 11 is 0. The van der Waals surface area contributed by atoms with Gasteiger partial charge in [-0.3, -0.25) is 4.68 Å². The largest absolute Gasteiger partial charge is 0.478 e. The van der Waals surface area contributed by atoms with E-state index in [0.29, 0.717) is 24.1 Å². The van der Waals surface area contributed by atoms with Crippen molar-refractivity contribution >= 4 is 5.97 Å². The highest BCUT2D eigenvalue weighted by molar-refractivity contribution is 5.90. The standard InChI is InChI=1S/C12H20N2O2/c1-5-8(4)14-10(7-3)11(12(15)16)9(6-2)13-14/h8H,5-7H2,1-4H3,(H,15,16). The van der Waals surface area contributed by atoms with Crippen molar-refractivity contribution in [2.45, 2.75) is 53.0 Å². The van der Waals surface area contributed by atoms with Crippen molar-refractivity contribution in [1.82, 2.24) is 9.78 Å². The Morgan fingerprint density at radius 2 is 2.00 bits per heavy atom. The van der Waals surface area contributed by atoms with Gasteiger partial charge in [-0.05, 0) is 26.2 Å². The second-order valence-electron chi connectivity index (χ2n) is 3.98. The first-order valence-corrected chi connectivity index (χ1v) is 5.90. The molecule has 0 radical (unpaired) electrons. The van der Waals surface area contributed by atoms with Crippen LogP contribution in [-0.2, 0) is 12.8 Å². The summed E-state index contributed by atoms with van der Waals surface area (Å²) in [5.41, 5.74) is 1.95. The van der Waals surface area contributed by atoms with Gasteiger partial charge in [-0.25, -0.2) is 4.79 Å². The van der Waals surface area contributed by atoms with E-state index in [1.54, 1.807) is 0 Å². The van der Waals surface area contributed by atoms with Crippen LogP contribution in [0.25, 0.3) is 0 Å². The molecule has 1 aromatic heterocycles. The van der Waals surface area contributed by atoms with E-state index in [1.807, 2.05) is 18.5 Å². The third-order valence-electron chi connectivity index (χ3n) is 2.97. The third-order valence-corrected chi connectivity index (χ3v) is 2.97. The average Bonchev–Trinajstić information content (AvgIpc) is 2.66. The molecule has 1 atom stereocenters. The van der Waals surface area contributed by atoms with Crippen molar-refractivity contribution in [2.24, 2.45) is 0 Å². The maximum atomic E-state index is 11.2. The fraction of sp³-hybridized carbons (Fsp3) is 0.667. The Balaban J connectivity index is 3.35. The number of aromatic carboxylic acids is 1. The summed E-state index contributed by atoms with van der Waals surface area (Å²) in [5.74, 6) is -0.858. The first-order valence-electron chi connectivity index (χ1n) is 5.90. The quantitative estimate of drug-likeness (QED) is 0.836. The molecule has 4 heteroatoms. The number of carbonyl (C=O) groups is 1. The number of aryl methyl sites for hydroxylation is 1. The van der Waals surface area contributed by atoms with Gasteiger partial charge >= 0.3 is 5.97 Å². The molecule has 0 saturated heterocycles. The highest BCUT2D eigenvalue weighted by Crippen LogP contribution is 2.21. The molecule has 0 spiro atoms. The van der Waals surface area contributed by atoms with Gasteiger partial charge in [-0.15, -0.1) is 0 Å². The number of hydrogen-bond donors (Lipinski definition) is 1. The Labute approximate surface area is 96.3 Å². The van der Waals surface area contributed by atoms with Gasteiger partial charge in [0.25, 0.3) is 0 Å². The lowest BCUT2D eigenvalue weighted by Crippen LogP contribution is -2.11. The summed E-state index contributed by atoms with van der Waals surface area (Å²) in [6.07, 6.45) is 2.33. The zero-order chi connectivity index (χ0) is 12.3. The lowest BCUT2D eigenvalue weighted by molar-refractivity contribution is 0.0694. The Morgan fingerprint density at radius 1 is 1.38 bits per heavy atom. The van der Waals surface area contributed by atoms with Gasteiger partial charge in [-0.2, -0.15) is 5.10 Å². The SMILES string of the molecule is CCc1nn(C(C)CC)c(CC)c1C(=O)O. The molecule has 4 nitrogen and oxygen atoms in total. The molecule has 1 unspecified atom stereocenters. The van der Waals surface area contributed by atoms with Crippen LogP contribution in [0.15, 0.2) is 0 Å². The first-order chi connectivity index (χ1) is 7.56. The van der Waals surface area contributed by atoms with Crippen LogP contribution in [0.1, 0.15) is 61.9 Å².